The first-order valence-corrected chi connectivity index (χ1v) is 7.69. The summed E-state index contributed by atoms with van der Waals surface area (Å²) in [6.07, 6.45) is 0. The zero-order valence-corrected chi connectivity index (χ0v) is 13.4. The van der Waals surface area contributed by atoms with Gasteiger partial charge >= 0.3 is 6.03 Å². The van der Waals surface area contributed by atoms with Gasteiger partial charge in [0.15, 0.2) is 5.65 Å². The number of aromatic nitrogens is 4. The van der Waals surface area contributed by atoms with Crippen molar-refractivity contribution in [2.24, 2.45) is 0 Å². The Hall–Kier alpha value is -2.99. The van der Waals surface area contributed by atoms with Crippen LogP contribution in [-0.2, 0) is 0 Å². The minimum atomic E-state index is -0.439. The third-order valence-corrected chi connectivity index (χ3v) is 3.98. The van der Waals surface area contributed by atoms with Crippen molar-refractivity contribution < 1.29 is 4.79 Å². The van der Waals surface area contributed by atoms with Gasteiger partial charge in [-0.2, -0.15) is 9.78 Å². The first-order chi connectivity index (χ1) is 11.6. The van der Waals surface area contributed by atoms with Crippen LogP contribution in [-0.4, -0.2) is 25.8 Å². The molecular formula is C17H12ClN5O. The molecule has 0 saturated carbocycles. The van der Waals surface area contributed by atoms with Gasteiger partial charge in [0.05, 0.1) is 27.4 Å². The topological polar surface area (TPSA) is 72.7 Å². The summed E-state index contributed by atoms with van der Waals surface area (Å²) in [7, 11) is 0. The lowest BCUT2D eigenvalue weighted by Gasteiger charge is -2.07. The van der Waals surface area contributed by atoms with Crippen molar-refractivity contribution in [3.8, 4) is 0 Å². The molecule has 0 fully saturated rings. The van der Waals surface area contributed by atoms with Crippen LogP contribution in [0.4, 0.5) is 10.5 Å². The van der Waals surface area contributed by atoms with Gasteiger partial charge in [-0.3, -0.25) is 0 Å². The molecule has 0 bridgehead atoms. The number of carbonyl (C=O) groups excluding carboxylic acids is 1. The molecule has 4 aromatic rings. The molecule has 1 N–H and O–H groups in total. The molecule has 0 saturated heterocycles. The molecule has 0 aliphatic carbocycles. The fraction of sp³-hybridized carbons (Fsp3) is 0.0588. The molecule has 118 valence electrons. The minimum Gasteiger partial charge on any atom is -0.305 e. The highest BCUT2D eigenvalue weighted by atomic mass is 35.5. The Bertz CT molecular complexity index is 1090. The van der Waals surface area contributed by atoms with Crippen LogP contribution in [0.15, 0.2) is 48.5 Å². The van der Waals surface area contributed by atoms with Crippen LogP contribution >= 0.6 is 11.6 Å². The zero-order chi connectivity index (χ0) is 16.7. The van der Waals surface area contributed by atoms with Gasteiger partial charge in [-0.15, -0.1) is 0 Å². The van der Waals surface area contributed by atoms with E-state index < -0.39 is 6.03 Å². The quantitative estimate of drug-likeness (QED) is 0.569. The van der Waals surface area contributed by atoms with E-state index >= 15 is 0 Å². The molecule has 6 nitrogen and oxygen atoms in total. The normalized spacial score (nSPS) is 11.1. The number of para-hydroxylation sites is 3. The van der Waals surface area contributed by atoms with Crippen LogP contribution in [0.5, 0.6) is 0 Å². The highest BCUT2D eigenvalue weighted by Gasteiger charge is 2.17. The van der Waals surface area contributed by atoms with E-state index in [0.717, 1.165) is 5.52 Å². The smallest absolute Gasteiger partial charge is 0.305 e. The molecule has 0 unspecified atom stereocenters. The number of benzene rings is 2. The average molecular weight is 338 g/mol. The second-order valence-corrected chi connectivity index (χ2v) is 5.70. The Labute approximate surface area is 142 Å². The standard InChI is InChI=1S/C17H12ClN5O/c1-10-15-16(20-14-9-5-4-8-13(14)19-15)23(22-10)17(24)21-12-7-3-2-6-11(12)18/h2-9H,1H3,(H,21,24). The summed E-state index contributed by atoms with van der Waals surface area (Å²) in [5, 5.41) is 7.47. The number of halogens is 1. The summed E-state index contributed by atoms with van der Waals surface area (Å²) in [6, 6.07) is 14.1. The molecule has 2 heterocycles. The summed E-state index contributed by atoms with van der Waals surface area (Å²) in [5.74, 6) is 0. The highest BCUT2D eigenvalue weighted by molar-refractivity contribution is 6.33. The van der Waals surface area contributed by atoms with E-state index in [1.165, 1.54) is 4.68 Å². The van der Waals surface area contributed by atoms with Crippen LogP contribution in [0.2, 0.25) is 5.02 Å². The highest BCUT2D eigenvalue weighted by Crippen LogP contribution is 2.22. The summed E-state index contributed by atoms with van der Waals surface area (Å²) in [6.45, 7) is 1.80. The zero-order valence-electron chi connectivity index (χ0n) is 12.7. The molecule has 1 amide bonds. The van der Waals surface area contributed by atoms with E-state index in [2.05, 4.69) is 20.4 Å². The number of aryl methyl sites for hydroxylation is 1. The summed E-state index contributed by atoms with van der Waals surface area (Å²) < 4.78 is 1.22. The maximum atomic E-state index is 12.6. The second-order valence-electron chi connectivity index (χ2n) is 5.29. The molecule has 0 atom stereocenters. The SMILES string of the molecule is Cc1nn(C(=O)Nc2ccccc2Cl)c2nc3ccccc3nc12. The number of hydrogen-bond donors (Lipinski definition) is 1. The van der Waals surface area contributed by atoms with Gasteiger partial charge in [0.2, 0.25) is 0 Å². The number of nitrogens with zero attached hydrogens (tertiary/aromatic N) is 4. The number of hydrogen-bond acceptors (Lipinski definition) is 4. The Morgan fingerprint density at radius 3 is 2.46 bits per heavy atom. The molecule has 0 aliphatic rings. The molecule has 0 radical (unpaired) electrons. The van der Waals surface area contributed by atoms with E-state index in [9.17, 15) is 4.79 Å². The van der Waals surface area contributed by atoms with Gasteiger partial charge in [-0.05, 0) is 31.2 Å². The van der Waals surface area contributed by atoms with E-state index in [4.69, 9.17) is 11.6 Å². The van der Waals surface area contributed by atoms with Gasteiger partial charge in [0.1, 0.15) is 5.52 Å². The lowest BCUT2D eigenvalue weighted by atomic mass is 10.3. The number of carbonyl (C=O) groups is 1. The maximum absolute atomic E-state index is 12.6. The van der Waals surface area contributed by atoms with Crippen molar-refractivity contribution >= 4 is 45.5 Å². The predicted octanol–water partition coefficient (Wildman–Crippen LogP) is 4.02. The number of amides is 1. The third kappa shape index (κ3) is 2.37. The van der Waals surface area contributed by atoms with Gasteiger partial charge < -0.3 is 5.32 Å². The monoisotopic (exact) mass is 337 g/mol. The Kier molecular flexibility index (Phi) is 3.39. The Balaban J connectivity index is 1.83. The maximum Gasteiger partial charge on any atom is 0.348 e. The fourth-order valence-electron chi connectivity index (χ4n) is 2.50. The first kappa shape index (κ1) is 14.6. The van der Waals surface area contributed by atoms with Gasteiger partial charge in [-0.1, -0.05) is 35.9 Å². The lowest BCUT2D eigenvalue weighted by Crippen LogP contribution is -2.21. The molecule has 4 rings (SSSR count). The molecule has 2 aromatic carbocycles. The van der Waals surface area contributed by atoms with Crippen molar-refractivity contribution in [3.63, 3.8) is 0 Å². The summed E-state index contributed by atoms with van der Waals surface area (Å²) in [5.41, 5.74) is 3.63. The first-order valence-electron chi connectivity index (χ1n) is 7.31. The van der Waals surface area contributed by atoms with E-state index in [-0.39, 0.29) is 0 Å². The summed E-state index contributed by atoms with van der Waals surface area (Å²) in [4.78, 5) is 21.7. The van der Waals surface area contributed by atoms with Crippen molar-refractivity contribution in [1.29, 1.82) is 0 Å². The number of anilines is 1. The third-order valence-electron chi connectivity index (χ3n) is 3.65. The van der Waals surface area contributed by atoms with Crippen LogP contribution in [0.25, 0.3) is 22.2 Å². The van der Waals surface area contributed by atoms with Gasteiger partial charge in [-0.25, -0.2) is 14.8 Å². The fourth-order valence-corrected chi connectivity index (χ4v) is 2.68. The van der Waals surface area contributed by atoms with Crippen LogP contribution in [0.3, 0.4) is 0 Å². The van der Waals surface area contributed by atoms with Crippen molar-refractivity contribution in [3.05, 3.63) is 59.2 Å². The summed E-state index contributed by atoms with van der Waals surface area (Å²) >= 11 is 6.08. The van der Waals surface area contributed by atoms with Crippen molar-refractivity contribution in [2.45, 2.75) is 6.92 Å². The minimum absolute atomic E-state index is 0.413. The molecular weight excluding hydrogens is 326 g/mol. The second kappa shape index (κ2) is 5.58. The van der Waals surface area contributed by atoms with E-state index in [1.54, 1.807) is 31.2 Å². The van der Waals surface area contributed by atoms with Gasteiger partial charge in [0, 0.05) is 0 Å². The van der Waals surface area contributed by atoms with E-state index in [1.807, 2.05) is 24.3 Å². The largest absolute Gasteiger partial charge is 0.348 e. The van der Waals surface area contributed by atoms with Crippen molar-refractivity contribution in [2.75, 3.05) is 5.32 Å². The molecule has 0 spiro atoms. The molecule has 0 aliphatic heterocycles. The average Bonchev–Trinajstić information content (AvgIpc) is 2.91. The van der Waals surface area contributed by atoms with Crippen LogP contribution in [0.1, 0.15) is 5.69 Å². The molecule has 24 heavy (non-hydrogen) atoms. The lowest BCUT2D eigenvalue weighted by molar-refractivity contribution is 0.251. The Morgan fingerprint density at radius 2 is 1.71 bits per heavy atom. The van der Waals surface area contributed by atoms with Crippen molar-refractivity contribution in [1.82, 2.24) is 19.7 Å². The molecule has 7 heteroatoms. The number of fused-ring (bicyclic) bond motifs is 2. The van der Waals surface area contributed by atoms with E-state index in [0.29, 0.717) is 33.1 Å². The molecule has 2 aromatic heterocycles. The van der Waals surface area contributed by atoms with Gasteiger partial charge in [0.25, 0.3) is 0 Å². The number of nitrogens with one attached hydrogen (secondary N) is 1. The predicted molar refractivity (Wildman–Crippen MR) is 93.4 cm³/mol. The van der Waals surface area contributed by atoms with Crippen LogP contribution < -0.4 is 5.32 Å². The van der Waals surface area contributed by atoms with Crippen LogP contribution in [0, 0.1) is 6.92 Å². The Morgan fingerprint density at radius 1 is 1.04 bits per heavy atom. The number of rotatable bonds is 1.